The van der Waals surface area contributed by atoms with Crippen LogP contribution in [-0.4, -0.2) is 36.8 Å². The molecule has 0 radical (unpaired) electrons. The highest BCUT2D eigenvalue weighted by molar-refractivity contribution is 7.89. The average Bonchev–Trinajstić information content (AvgIpc) is 3.28. The number of pyridine rings is 1. The number of nitrogens with zero attached hydrogens (tertiary/aromatic N) is 2. The summed E-state index contributed by atoms with van der Waals surface area (Å²) in [5.41, 5.74) is 0.832. The van der Waals surface area contributed by atoms with E-state index in [9.17, 15) is 8.42 Å². The van der Waals surface area contributed by atoms with E-state index in [0.29, 0.717) is 24.0 Å². The van der Waals surface area contributed by atoms with Gasteiger partial charge in [-0.15, -0.1) is 0 Å². The van der Waals surface area contributed by atoms with Gasteiger partial charge in [-0.3, -0.25) is 0 Å². The van der Waals surface area contributed by atoms with Crippen LogP contribution in [-0.2, 0) is 10.0 Å². The lowest BCUT2D eigenvalue weighted by Crippen LogP contribution is -2.27. The van der Waals surface area contributed by atoms with Crippen molar-refractivity contribution < 1.29 is 8.42 Å². The molecule has 2 aromatic rings. The van der Waals surface area contributed by atoms with E-state index in [2.05, 4.69) is 10.3 Å². The fraction of sp³-hybridized carbons (Fsp3) is 0.500. The minimum atomic E-state index is -3.37. The summed E-state index contributed by atoms with van der Waals surface area (Å²) in [6.45, 7) is 1.26. The molecule has 0 atom stereocenters. The Kier molecular flexibility index (Phi) is 4.18. The fourth-order valence-electron chi connectivity index (χ4n) is 3.70. The van der Waals surface area contributed by atoms with Crippen molar-refractivity contribution in [2.45, 2.75) is 49.5 Å². The molecule has 0 amide bonds. The molecule has 5 nitrogen and oxygen atoms in total. The molecule has 128 valence electrons. The Morgan fingerprint density at radius 1 is 1.00 bits per heavy atom. The summed E-state index contributed by atoms with van der Waals surface area (Å²) in [6, 6.07) is 9.68. The standard InChI is InChI=1S/C18H23N3O2S/c22-24(23,21-11-3-4-12-21)16-8-9-17-14(13-16)7-10-18(20-17)19-15-5-1-2-6-15/h7-10,13,15H,1-6,11-12H2,(H,19,20). The molecule has 1 saturated heterocycles. The minimum Gasteiger partial charge on any atom is -0.367 e. The first-order chi connectivity index (χ1) is 11.6. The van der Waals surface area contributed by atoms with Crippen LogP contribution in [0, 0.1) is 0 Å². The molecule has 1 aromatic heterocycles. The van der Waals surface area contributed by atoms with Crippen LogP contribution in [0.25, 0.3) is 10.9 Å². The van der Waals surface area contributed by atoms with E-state index in [1.165, 1.54) is 25.7 Å². The first-order valence-corrected chi connectivity index (χ1v) is 10.2. The molecule has 24 heavy (non-hydrogen) atoms. The summed E-state index contributed by atoms with van der Waals surface area (Å²) in [6.07, 6.45) is 6.86. The van der Waals surface area contributed by atoms with Gasteiger partial charge in [0.25, 0.3) is 0 Å². The molecular weight excluding hydrogens is 322 g/mol. The minimum absolute atomic E-state index is 0.371. The molecule has 1 aromatic carbocycles. The lowest BCUT2D eigenvalue weighted by molar-refractivity contribution is 0.477. The average molecular weight is 345 g/mol. The van der Waals surface area contributed by atoms with Gasteiger partial charge in [0.05, 0.1) is 10.4 Å². The molecule has 1 aliphatic carbocycles. The van der Waals surface area contributed by atoms with E-state index in [-0.39, 0.29) is 0 Å². The van der Waals surface area contributed by atoms with Crippen LogP contribution in [0.3, 0.4) is 0 Å². The molecule has 1 saturated carbocycles. The van der Waals surface area contributed by atoms with Crippen molar-refractivity contribution in [3.63, 3.8) is 0 Å². The maximum Gasteiger partial charge on any atom is 0.243 e. The van der Waals surface area contributed by atoms with Crippen molar-refractivity contribution >= 4 is 26.7 Å². The van der Waals surface area contributed by atoms with E-state index >= 15 is 0 Å². The molecular formula is C18H23N3O2S. The summed E-state index contributed by atoms with van der Waals surface area (Å²) in [5, 5.41) is 4.35. The maximum atomic E-state index is 12.7. The lowest BCUT2D eigenvalue weighted by atomic mass is 10.2. The Labute approximate surface area is 143 Å². The summed E-state index contributed by atoms with van der Waals surface area (Å²) in [4.78, 5) is 5.01. The molecule has 4 rings (SSSR count). The smallest absolute Gasteiger partial charge is 0.243 e. The number of fused-ring (bicyclic) bond motifs is 1. The second-order valence-electron chi connectivity index (χ2n) is 6.79. The molecule has 2 heterocycles. The second-order valence-corrected chi connectivity index (χ2v) is 8.73. The van der Waals surface area contributed by atoms with Crippen molar-refractivity contribution in [1.29, 1.82) is 0 Å². The molecule has 6 heteroatoms. The van der Waals surface area contributed by atoms with Gasteiger partial charge in [0.15, 0.2) is 0 Å². The Bertz CT molecular complexity index is 838. The van der Waals surface area contributed by atoms with Gasteiger partial charge in [0, 0.05) is 24.5 Å². The van der Waals surface area contributed by atoms with Gasteiger partial charge < -0.3 is 5.32 Å². The predicted molar refractivity (Wildman–Crippen MR) is 95.6 cm³/mol. The molecule has 1 N–H and O–H groups in total. The van der Waals surface area contributed by atoms with Gasteiger partial charge >= 0.3 is 0 Å². The summed E-state index contributed by atoms with van der Waals surface area (Å²) < 4.78 is 26.9. The van der Waals surface area contributed by atoms with E-state index < -0.39 is 10.0 Å². The maximum absolute atomic E-state index is 12.7. The van der Waals surface area contributed by atoms with Crippen molar-refractivity contribution in [2.75, 3.05) is 18.4 Å². The zero-order chi connectivity index (χ0) is 16.6. The van der Waals surface area contributed by atoms with Crippen LogP contribution in [0.5, 0.6) is 0 Å². The molecule has 1 aliphatic heterocycles. The van der Waals surface area contributed by atoms with Gasteiger partial charge in [0.2, 0.25) is 10.0 Å². The van der Waals surface area contributed by atoms with Gasteiger partial charge in [-0.05, 0) is 56.0 Å². The van der Waals surface area contributed by atoms with Gasteiger partial charge in [-0.1, -0.05) is 12.8 Å². The number of hydrogen-bond acceptors (Lipinski definition) is 4. The highest BCUT2D eigenvalue weighted by Gasteiger charge is 2.27. The normalized spacial score (nSPS) is 20.0. The quantitative estimate of drug-likeness (QED) is 0.923. The fourth-order valence-corrected chi connectivity index (χ4v) is 5.25. The topological polar surface area (TPSA) is 62.3 Å². The number of rotatable bonds is 4. The predicted octanol–water partition coefficient (Wildman–Crippen LogP) is 3.37. The summed E-state index contributed by atoms with van der Waals surface area (Å²) in [7, 11) is -3.37. The number of hydrogen-bond donors (Lipinski definition) is 1. The summed E-state index contributed by atoms with van der Waals surface area (Å²) in [5.74, 6) is 0.879. The van der Waals surface area contributed by atoms with Crippen LogP contribution in [0.1, 0.15) is 38.5 Å². The number of benzene rings is 1. The third-order valence-electron chi connectivity index (χ3n) is 5.07. The number of aromatic nitrogens is 1. The molecule has 2 aliphatic rings. The molecule has 0 bridgehead atoms. The Morgan fingerprint density at radius 2 is 1.75 bits per heavy atom. The van der Waals surface area contributed by atoms with Gasteiger partial charge in [-0.25, -0.2) is 13.4 Å². The lowest BCUT2D eigenvalue weighted by Gasteiger charge is -2.16. The van der Waals surface area contributed by atoms with E-state index in [1.54, 1.807) is 16.4 Å². The first kappa shape index (κ1) is 15.8. The molecule has 2 fully saturated rings. The molecule has 0 unspecified atom stereocenters. The van der Waals surface area contributed by atoms with Crippen LogP contribution < -0.4 is 5.32 Å². The first-order valence-electron chi connectivity index (χ1n) is 8.80. The monoisotopic (exact) mass is 345 g/mol. The third-order valence-corrected chi connectivity index (χ3v) is 6.97. The summed E-state index contributed by atoms with van der Waals surface area (Å²) >= 11 is 0. The van der Waals surface area contributed by atoms with Crippen LogP contribution >= 0.6 is 0 Å². The second kappa shape index (κ2) is 6.33. The van der Waals surface area contributed by atoms with E-state index in [4.69, 9.17) is 0 Å². The third kappa shape index (κ3) is 3.00. The molecule has 0 spiro atoms. The van der Waals surface area contributed by atoms with Crippen molar-refractivity contribution in [1.82, 2.24) is 9.29 Å². The zero-order valence-electron chi connectivity index (χ0n) is 13.7. The number of nitrogens with one attached hydrogen (secondary N) is 1. The van der Waals surface area contributed by atoms with Crippen LogP contribution in [0.15, 0.2) is 35.2 Å². The Hall–Kier alpha value is -1.66. The van der Waals surface area contributed by atoms with E-state index in [0.717, 1.165) is 29.6 Å². The highest BCUT2D eigenvalue weighted by atomic mass is 32.2. The number of sulfonamides is 1. The van der Waals surface area contributed by atoms with Crippen molar-refractivity contribution in [3.8, 4) is 0 Å². The Morgan fingerprint density at radius 3 is 2.50 bits per heavy atom. The van der Waals surface area contributed by atoms with Gasteiger partial charge in [-0.2, -0.15) is 4.31 Å². The largest absolute Gasteiger partial charge is 0.367 e. The Balaban J connectivity index is 1.61. The number of anilines is 1. The van der Waals surface area contributed by atoms with Crippen LogP contribution in [0.2, 0.25) is 0 Å². The SMILES string of the molecule is O=S(=O)(c1ccc2nc(NC3CCCC3)ccc2c1)N1CCCC1. The van der Waals surface area contributed by atoms with Gasteiger partial charge in [0.1, 0.15) is 5.82 Å². The van der Waals surface area contributed by atoms with Crippen molar-refractivity contribution in [3.05, 3.63) is 30.3 Å². The van der Waals surface area contributed by atoms with E-state index in [1.807, 2.05) is 18.2 Å². The highest BCUT2D eigenvalue weighted by Crippen LogP contribution is 2.26. The van der Waals surface area contributed by atoms with Crippen LogP contribution in [0.4, 0.5) is 5.82 Å². The zero-order valence-corrected chi connectivity index (χ0v) is 14.6. The van der Waals surface area contributed by atoms with Crippen molar-refractivity contribution in [2.24, 2.45) is 0 Å².